The molecule has 1 fully saturated rings. The summed E-state index contributed by atoms with van der Waals surface area (Å²) in [7, 11) is 0. The van der Waals surface area contributed by atoms with E-state index in [0.717, 1.165) is 37.6 Å². The van der Waals surface area contributed by atoms with E-state index in [1.54, 1.807) is 0 Å². The van der Waals surface area contributed by atoms with E-state index in [0.29, 0.717) is 6.04 Å². The van der Waals surface area contributed by atoms with Gasteiger partial charge in [0.2, 0.25) is 0 Å². The van der Waals surface area contributed by atoms with E-state index in [4.69, 9.17) is 0 Å². The molecule has 0 spiro atoms. The lowest BCUT2D eigenvalue weighted by Gasteiger charge is -2.33. The molecule has 19 heavy (non-hydrogen) atoms. The fraction of sp³-hybridized carbons (Fsp3) is 0.400. The molecular formula is C15H20N4. The Bertz CT molecular complexity index is 520. The first-order valence-corrected chi connectivity index (χ1v) is 6.88. The fourth-order valence-electron chi connectivity index (χ4n) is 2.50. The minimum absolute atomic E-state index is 0.579. The van der Waals surface area contributed by atoms with Crippen LogP contribution < -0.4 is 5.32 Å². The molecule has 1 atom stereocenters. The van der Waals surface area contributed by atoms with Crippen LogP contribution in [0, 0.1) is 0 Å². The average molecular weight is 256 g/mol. The van der Waals surface area contributed by atoms with Crippen LogP contribution in [0.4, 0.5) is 0 Å². The van der Waals surface area contributed by atoms with E-state index in [1.807, 2.05) is 29.1 Å². The molecule has 1 aliphatic rings. The quantitative estimate of drug-likeness (QED) is 0.907. The van der Waals surface area contributed by atoms with Crippen molar-refractivity contribution in [1.82, 2.24) is 20.0 Å². The zero-order valence-corrected chi connectivity index (χ0v) is 11.3. The third kappa shape index (κ3) is 2.85. The van der Waals surface area contributed by atoms with Crippen LogP contribution in [0.5, 0.6) is 0 Å². The van der Waals surface area contributed by atoms with Crippen molar-refractivity contribution >= 4 is 0 Å². The summed E-state index contributed by atoms with van der Waals surface area (Å²) in [4.78, 5) is 2.48. The average Bonchev–Trinajstić information content (AvgIpc) is 2.91. The van der Waals surface area contributed by atoms with Gasteiger partial charge in [0.05, 0.1) is 11.4 Å². The molecule has 1 saturated heterocycles. The number of hydrogen-bond donors (Lipinski definition) is 1. The maximum atomic E-state index is 4.66. The molecule has 1 N–H and O–H groups in total. The van der Waals surface area contributed by atoms with E-state index in [9.17, 15) is 0 Å². The fourth-order valence-corrected chi connectivity index (χ4v) is 2.50. The second kappa shape index (κ2) is 5.55. The van der Waals surface area contributed by atoms with Crippen LogP contribution in [-0.4, -0.2) is 40.4 Å². The summed E-state index contributed by atoms with van der Waals surface area (Å²) in [5.41, 5.74) is 2.25. The number of piperazine rings is 1. The molecule has 4 nitrogen and oxygen atoms in total. The summed E-state index contributed by atoms with van der Waals surface area (Å²) < 4.78 is 1.95. The van der Waals surface area contributed by atoms with Crippen LogP contribution in [0.15, 0.2) is 42.6 Å². The van der Waals surface area contributed by atoms with Gasteiger partial charge in [0.15, 0.2) is 0 Å². The van der Waals surface area contributed by atoms with E-state index in [1.165, 1.54) is 0 Å². The molecular weight excluding hydrogens is 236 g/mol. The van der Waals surface area contributed by atoms with Gasteiger partial charge < -0.3 is 5.32 Å². The van der Waals surface area contributed by atoms with Gasteiger partial charge >= 0.3 is 0 Å². The monoisotopic (exact) mass is 256 g/mol. The Morgan fingerprint density at radius 1 is 1.26 bits per heavy atom. The van der Waals surface area contributed by atoms with Crippen molar-refractivity contribution in [2.24, 2.45) is 0 Å². The highest BCUT2D eigenvalue weighted by Crippen LogP contribution is 2.11. The van der Waals surface area contributed by atoms with Gasteiger partial charge in [0, 0.05) is 38.4 Å². The van der Waals surface area contributed by atoms with Gasteiger partial charge in [-0.05, 0) is 25.1 Å². The second-order valence-electron chi connectivity index (χ2n) is 5.11. The number of aromatic nitrogens is 2. The number of hydrogen-bond acceptors (Lipinski definition) is 3. The lowest BCUT2D eigenvalue weighted by Crippen LogP contribution is -2.49. The highest BCUT2D eigenvalue weighted by molar-refractivity contribution is 5.30. The Morgan fingerprint density at radius 2 is 2.11 bits per heavy atom. The first kappa shape index (κ1) is 12.4. The molecule has 1 unspecified atom stereocenters. The molecule has 1 aromatic carbocycles. The second-order valence-corrected chi connectivity index (χ2v) is 5.11. The van der Waals surface area contributed by atoms with E-state index in [2.05, 4.69) is 40.4 Å². The van der Waals surface area contributed by atoms with Crippen molar-refractivity contribution < 1.29 is 0 Å². The predicted octanol–water partition coefficient (Wildman–Crippen LogP) is 1.67. The summed E-state index contributed by atoms with van der Waals surface area (Å²) >= 11 is 0. The predicted molar refractivity (Wildman–Crippen MR) is 76.3 cm³/mol. The highest BCUT2D eigenvalue weighted by Gasteiger charge is 2.18. The Morgan fingerprint density at radius 3 is 2.89 bits per heavy atom. The van der Waals surface area contributed by atoms with Crippen LogP contribution in [0.2, 0.25) is 0 Å². The zero-order chi connectivity index (χ0) is 13.1. The van der Waals surface area contributed by atoms with Crippen molar-refractivity contribution in [3.8, 4) is 5.69 Å². The smallest absolute Gasteiger partial charge is 0.0769 e. The normalized spacial score (nSPS) is 20.6. The summed E-state index contributed by atoms with van der Waals surface area (Å²) in [6.07, 6.45) is 2.04. The molecule has 0 bridgehead atoms. The lowest BCUT2D eigenvalue weighted by molar-refractivity contribution is 0.163. The molecule has 100 valence electrons. The molecule has 0 radical (unpaired) electrons. The number of para-hydroxylation sites is 1. The van der Waals surface area contributed by atoms with E-state index in [-0.39, 0.29) is 0 Å². The van der Waals surface area contributed by atoms with Crippen LogP contribution >= 0.6 is 0 Å². The SMILES string of the molecule is CC1CNCCN1Cc1ccn(-c2ccccc2)n1. The Labute approximate surface area is 114 Å². The standard InChI is InChI=1S/C15H20N4/c1-13-11-16-8-10-18(13)12-14-7-9-19(17-14)15-5-3-2-4-6-15/h2-7,9,13,16H,8,10-12H2,1H3. The molecule has 2 aromatic rings. The van der Waals surface area contributed by atoms with Crippen LogP contribution in [-0.2, 0) is 6.54 Å². The number of rotatable bonds is 3. The Kier molecular flexibility index (Phi) is 3.62. The van der Waals surface area contributed by atoms with Gasteiger partial charge in [-0.3, -0.25) is 4.90 Å². The van der Waals surface area contributed by atoms with Gasteiger partial charge in [0.1, 0.15) is 0 Å². The number of benzene rings is 1. The number of nitrogens with one attached hydrogen (secondary N) is 1. The third-order valence-corrected chi connectivity index (χ3v) is 3.67. The van der Waals surface area contributed by atoms with Crippen molar-refractivity contribution in [1.29, 1.82) is 0 Å². The maximum absolute atomic E-state index is 4.66. The summed E-state index contributed by atoms with van der Waals surface area (Å²) in [6.45, 7) is 6.44. The molecule has 0 aliphatic carbocycles. The Balaban J connectivity index is 1.71. The molecule has 0 saturated carbocycles. The van der Waals surface area contributed by atoms with Crippen LogP contribution in [0.3, 0.4) is 0 Å². The van der Waals surface area contributed by atoms with Crippen molar-refractivity contribution in [3.63, 3.8) is 0 Å². The molecule has 3 rings (SSSR count). The number of nitrogens with zero attached hydrogens (tertiary/aromatic N) is 3. The van der Waals surface area contributed by atoms with E-state index < -0.39 is 0 Å². The van der Waals surface area contributed by atoms with Gasteiger partial charge in [-0.15, -0.1) is 0 Å². The summed E-state index contributed by atoms with van der Waals surface area (Å²) in [6, 6.07) is 12.9. The minimum Gasteiger partial charge on any atom is -0.314 e. The summed E-state index contributed by atoms with van der Waals surface area (Å²) in [5.74, 6) is 0. The van der Waals surface area contributed by atoms with Crippen molar-refractivity contribution in [2.45, 2.75) is 19.5 Å². The van der Waals surface area contributed by atoms with Crippen molar-refractivity contribution in [2.75, 3.05) is 19.6 Å². The topological polar surface area (TPSA) is 33.1 Å². The van der Waals surface area contributed by atoms with Crippen molar-refractivity contribution in [3.05, 3.63) is 48.3 Å². The summed E-state index contributed by atoms with van der Waals surface area (Å²) in [5, 5.41) is 8.08. The molecule has 1 aliphatic heterocycles. The molecule has 4 heteroatoms. The first-order chi connectivity index (χ1) is 9.33. The van der Waals surface area contributed by atoms with Gasteiger partial charge in [-0.25, -0.2) is 4.68 Å². The van der Waals surface area contributed by atoms with Gasteiger partial charge in [-0.2, -0.15) is 5.10 Å². The highest BCUT2D eigenvalue weighted by atomic mass is 15.3. The van der Waals surface area contributed by atoms with E-state index >= 15 is 0 Å². The first-order valence-electron chi connectivity index (χ1n) is 6.88. The maximum Gasteiger partial charge on any atom is 0.0769 e. The zero-order valence-electron chi connectivity index (χ0n) is 11.3. The third-order valence-electron chi connectivity index (χ3n) is 3.67. The molecule has 0 amide bonds. The molecule has 2 heterocycles. The lowest BCUT2D eigenvalue weighted by atomic mass is 10.2. The molecule has 1 aromatic heterocycles. The minimum atomic E-state index is 0.579. The van der Waals surface area contributed by atoms with Crippen LogP contribution in [0.25, 0.3) is 5.69 Å². The van der Waals surface area contributed by atoms with Gasteiger partial charge in [-0.1, -0.05) is 18.2 Å². The Hall–Kier alpha value is -1.65. The largest absolute Gasteiger partial charge is 0.314 e. The van der Waals surface area contributed by atoms with Gasteiger partial charge in [0.25, 0.3) is 0 Å². The van der Waals surface area contributed by atoms with Crippen LogP contribution in [0.1, 0.15) is 12.6 Å².